The van der Waals surface area contributed by atoms with Crippen LogP contribution in [0.5, 0.6) is 11.5 Å². The fraction of sp³-hybridized carbons (Fsp3) is 0.227. The van der Waals surface area contributed by atoms with Gasteiger partial charge < -0.3 is 14.8 Å². The highest BCUT2D eigenvalue weighted by molar-refractivity contribution is 5.92. The molecule has 0 saturated heterocycles. The van der Waals surface area contributed by atoms with Crippen LogP contribution < -0.4 is 25.9 Å². The molecule has 0 aliphatic heterocycles. The van der Waals surface area contributed by atoms with Crippen molar-refractivity contribution in [1.29, 1.82) is 0 Å². The van der Waals surface area contributed by atoms with Crippen molar-refractivity contribution in [3.8, 4) is 17.2 Å². The number of ether oxygens (including phenoxy) is 2. The standard InChI is InChI=1S/C22H23N3O5/c1-4-30-17-8-6-16(7-9-17)25-12-11-24(21(27)22(25)28)14-20(26)23-18-13-15(2)5-10-19(18)29-3/h5-13H,4,14H2,1-3H3,(H,23,26). The Morgan fingerprint density at radius 1 is 1.03 bits per heavy atom. The Balaban J connectivity index is 1.80. The van der Waals surface area contributed by atoms with Crippen LogP contribution in [0.15, 0.2) is 64.4 Å². The van der Waals surface area contributed by atoms with E-state index in [0.29, 0.717) is 29.5 Å². The molecule has 3 aromatic rings. The lowest BCUT2D eigenvalue weighted by Crippen LogP contribution is -2.41. The van der Waals surface area contributed by atoms with Crippen molar-refractivity contribution < 1.29 is 14.3 Å². The summed E-state index contributed by atoms with van der Waals surface area (Å²) in [6.45, 7) is 4.00. The van der Waals surface area contributed by atoms with Crippen molar-refractivity contribution in [2.75, 3.05) is 19.0 Å². The predicted octanol–water partition coefficient (Wildman–Crippen LogP) is 2.35. The van der Waals surface area contributed by atoms with E-state index in [1.807, 2.05) is 19.9 Å². The van der Waals surface area contributed by atoms with Gasteiger partial charge in [-0.15, -0.1) is 0 Å². The molecule has 0 fully saturated rings. The minimum absolute atomic E-state index is 0.296. The van der Waals surface area contributed by atoms with E-state index in [1.54, 1.807) is 36.4 Å². The first-order valence-corrected chi connectivity index (χ1v) is 9.42. The van der Waals surface area contributed by atoms with Crippen molar-refractivity contribution in [3.63, 3.8) is 0 Å². The zero-order valence-electron chi connectivity index (χ0n) is 17.0. The predicted molar refractivity (Wildman–Crippen MR) is 114 cm³/mol. The molecule has 30 heavy (non-hydrogen) atoms. The minimum Gasteiger partial charge on any atom is -0.495 e. The van der Waals surface area contributed by atoms with Crippen molar-refractivity contribution in [1.82, 2.24) is 9.13 Å². The summed E-state index contributed by atoms with van der Waals surface area (Å²) >= 11 is 0. The Morgan fingerprint density at radius 3 is 2.43 bits per heavy atom. The van der Waals surface area contributed by atoms with Gasteiger partial charge in [0.15, 0.2) is 0 Å². The topological polar surface area (TPSA) is 91.6 Å². The number of nitrogens with zero attached hydrogens (tertiary/aromatic N) is 2. The SMILES string of the molecule is CCOc1ccc(-n2ccn(CC(=O)Nc3cc(C)ccc3OC)c(=O)c2=O)cc1. The van der Waals surface area contributed by atoms with Crippen LogP contribution in [0, 0.1) is 6.92 Å². The largest absolute Gasteiger partial charge is 0.495 e. The number of hydrogen-bond donors (Lipinski definition) is 1. The maximum Gasteiger partial charge on any atom is 0.320 e. The maximum absolute atomic E-state index is 12.5. The lowest BCUT2D eigenvalue weighted by molar-refractivity contribution is -0.116. The number of hydrogen-bond acceptors (Lipinski definition) is 5. The molecule has 0 bridgehead atoms. The van der Waals surface area contributed by atoms with Gasteiger partial charge in [0.05, 0.1) is 19.4 Å². The molecular weight excluding hydrogens is 386 g/mol. The van der Waals surface area contributed by atoms with E-state index in [2.05, 4.69) is 5.32 Å². The number of benzene rings is 2. The van der Waals surface area contributed by atoms with Crippen LogP contribution in [-0.4, -0.2) is 28.8 Å². The van der Waals surface area contributed by atoms with Gasteiger partial charge in [-0.2, -0.15) is 0 Å². The summed E-state index contributed by atoms with van der Waals surface area (Å²) in [4.78, 5) is 37.5. The van der Waals surface area contributed by atoms with Crippen molar-refractivity contribution in [2.24, 2.45) is 0 Å². The Bertz CT molecular complexity index is 1160. The molecule has 2 aromatic carbocycles. The number of rotatable bonds is 7. The van der Waals surface area contributed by atoms with E-state index in [9.17, 15) is 14.4 Å². The summed E-state index contributed by atoms with van der Waals surface area (Å²) in [6, 6.07) is 12.2. The lowest BCUT2D eigenvalue weighted by atomic mass is 10.2. The Labute approximate surface area is 173 Å². The number of carbonyl (C=O) groups is 1. The molecule has 0 saturated carbocycles. The maximum atomic E-state index is 12.5. The summed E-state index contributed by atoms with van der Waals surface area (Å²) in [7, 11) is 1.51. The van der Waals surface area contributed by atoms with Crippen molar-refractivity contribution in [3.05, 3.63) is 81.1 Å². The van der Waals surface area contributed by atoms with Gasteiger partial charge in [-0.05, 0) is 55.8 Å². The van der Waals surface area contributed by atoms with Gasteiger partial charge >= 0.3 is 11.1 Å². The fourth-order valence-electron chi connectivity index (χ4n) is 2.97. The first-order valence-electron chi connectivity index (χ1n) is 9.42. The number of nitrogens with one attached hydrogen (secondary N) is 1. The smallest absolute Gasteiger partial charge is 0.320 e. The molecule has 8 heteroatoms. The second-order valence-corrected chi connectivity index (χ2v) is 6.59. The highest BCUT2D eigenvalue weighted by Gasteiger charge is 2.12. The summed E-state index contributed by atoms with van der Waals surface area (Å²) in [5, 5.41) is 2.72. The Kier molecular flexibility index (Phi) is 6.36. The normalized spacial score (nSPS) is 10.5. The molecule has 0 radical (unpaired) electrons. The second-order valence-electron chi connectivity index (χ2n) is 6.59. The van der Waals surface area contributed by atoms with Crippen LogP contribution in [0.25, 0.3) is 5.69 Å². The van der Waals surface area contributed by atoms with Crippen LogP contribution in [0.4, 0.5) is 5.69 Å². The monoisotopic (exact) mass is 409 g/mol. The van der Waals surface area contributed by atoms with Gasteiger partial charge in [0, 0.05) is 18.1 Å². The highest BCUT2D eigenvalue weighted by Crippen LogP contribution is 2.25. The molecule has 0 unspecified atom stereocenters. The molecule has 0 atom stereocenters. The van der Waals surface area contributed by atoms with E-state index in [4.69, 9.17) is 9.47 Å². The summed E-state index contributed by atoms with van der Waals surface area (Å²) in [5.41, 5.74) is 0.432. The molecule has 1 heterocycles. The van der Waals surface area contributed by atoms with E-state index in [1.165, 1.54) is 24.1 Å². The molecule has 0 spiro atoms. The molecule has 1 amide bonds. The van der Waals surface area contributed by atoms with Gasteiger partial charge in [0.25, 0.3) is 0 Å². The molecule has 0 aliphatic carbocycles. The summed E-state index contributed by atoms with van der Waals surface area (Å²) in [6.07, 6.45) is 2.87. The van der Waals surface area contributed by atoms with Crippen LogP contribution in [0.3, 0.4) is 0 Å². The highest BCUT2D eigenvalue weighted by atomic mass is 16.5. The van der Waals surface area contributed by atoms with Gasteiger partial charge in [-0.1, -0.05) is 6.07 Å². The molecular formula is C22H23N3O5. The number of amides is 1. The van der Waals surface area contributed by atoms with Gasteiger partial charge in [0.2, 0.25) is 5.91 Å². The number of aromatic nitrogens is 2. The van der Waals surface area contributed by atoms with Crippen molar-refractivity contribution >= 4 is 11.6 Å². The average molecular weight is 409 g/mol. The van der Waals surface area contributed by atoms with Crippen LogP contribution in [-0.2, 0) is 11.3 Å². The van der Waals surface area contributed by atoms with E-state index in [0.717, 1.165) is 10.1 Å². The molecule has 1 N–H and O–H groups in total. The molecule has 156 valence electrons. The van der Waals surface area contributed by atoms with Gasteiger partial charge in [-0.3, -0.25) is 23.5 Å². The third-order valence-electron chi connectivity index (χ3n) is 4.43. The van der Waals surface area contributed by atoms with Gasteiger partial charge in [-0.25, -0.2) is 0 Å². The van der Waals surface area contributed by atoms with Gasteiger partial charge in [0.1, 0.15) is 18.0 Å². The molecule has 8 nitrogen and oxygen atoms in total. The van der Waals surface area contributed by atoms with Crippen LogP contribution in [0.2, 0.25) is 0 Å². The quantitative estimate of drug-likeness (QED) is 0.605. The van der Waals surface area contributed by atoms with E-state index < -0.39 is 17.0 Å². The number of anilines is 1. The third-order valence-corrected chi connectivity index (χ3v) is 4.43. The number of methoxy groups -OCH3 is 1. The molecule has 0 aliphatic rings. The first kappa shape index (κ1) is 20.9. The zero-order valence-corrected chi connectivity index (χ0v) is 17.0. The van der Waals surface area contributed by atoms with Crippen LogP contribution >= 0.6 is 0 Å². The molecule has 3 rings (SSSR count). The second kappa shape index (κ2) is 9.13. The van der Waals surface area contributed by atoms with Crippen LogP contribution in [0.1, 0.15) is 12.5 Å². The summed E-state index contributed by atoms with van der Waals surface area (Å²) in [5.74, 6) is 0.734. The molecule has 1 aromatic heterocycles. The minimum atomic E-state index is -0.794. The van der Waals surface area contributed by atoms with E-state index in [-0.39, 0.29) is 6.54 Å². The average Bonchev–Trinajstić information content (AvgIpc) is 2.73. The van der Waals surface area contributed by atoms with E-state index >= 15 is 0 Å². The third kappa shape index (κ3) is 4.60. The fourth-order valence-corrected chi connectivity index (χ4v) is 2.97. The number of carbonyl (C=O) groups excluding carboxylic acids is 1. The summed E-state index contributed by atoms with van der Waals surface area (Å²) < 4.78 is 12.9. The Morgan fingerprint density at radius 2 is 1.77 bits per heavy atom. The lowest BCUT2D eigenvalue weighted by Gasteiger charge is -2.12. The number of aryl methyl sites for hydroxylation is 1. The first-order chi connectivity index (χ1) is 14.4. The Hall–Kier alpha value is -3.81. The zero-order chi connectivity index (χ0) is 21.7. The van der Waals surface area contributed by atoms with Crippen molar-refractivity contribution in [2.45, 2.75) is 20.4 Å².